The first-order valence-electron chi connectivity index (χ1n) is 1.73. The van der Waals surface area contributed by atoms with Gasteiger partial charge in [0.2, 0.25) is 0 Å². The average Bonchev–Trinajstić information content (AvgIpc) is 1.62. The third-order valence-electron chi connectivity index (χ3n) is 0.533. The molecule has 0 aromatic rings. The number of sulfonamides is 1. The molecular formula is CF3NO2SSi2. The quantitative estimate of drug-likeness (QED) is 0.529. The third-order valence-corrected chi connectivity index (χ3v) is 3.04. The minimum Gasteiger partial charge on any atom is -0.244 e. The summed E-state index contributed by atoms with van der Waals surface area (Å²) < 4.78 is 54.0. The van der Waals surface area contributed by atoms with Crippen molar-refractivity contribution in [2.75, 3.05) is 0 Å². The second-order valence-corrected chi connectivity index (χ2v) is 4.98. The molecule has 0 bridgehead atoms. The Kier molecular flexibility index (Phi) is 2.67. The highest BCUT2D eigenvalue weighted by molar-refractivity contribution is 7.91. The Morgan fingerprint density at radius 3 is 1.50 bits per heavy atom. The maximum atomic E-state index is 11.4. The fourth-order valence-corrected chi connectivity index (χ4v) is 0.932. The molecule has 0 spiro atoms. The predicted molar refractivity (Wildman–Crippen MR) is 28.3 cm³/mol. The second kappa shape index (κ2) is 2.64. The van der Waals surface area contributed by atoms with E-state index < -0.39 is 15.5 Å². The van der Waals surface area contributed by atoms with Crippen LogP contribution in [0.2, 0.25) is 0 Å². The first-order chi connectivity index (χ1) is 4.19. The van der Waals surface area contributed by atoms with E-state index in [-0.39, 0.29) is 3.64 Å². The van der Waals surface area contributed by atoms with Gasteiger partial charge >= 0.3 is 15.5 Å². The molecule has 6 radical (unpaired) electrons. The molecule has 0 atom stereocenters. The van der Waals surface area contributed by atoms with Gasteiger partial charge in [0.25, 0.3) is 0 Å². The maximum Gasteiger partial charge on any atom is 0.510 e. The van der Waals surface area contributed by atoms with Gasteiger partial charge < -0.3 is 0 Å². The fraction of sp³-hybridized carbons (Fsp3) is 1.00. The van der Waals surface area contributed by atoms with E-state index in [4.69, 9.17) is 0 Å². The van der Waals surface area contributed by atoms with Crippen LogP contribution in [0.15, 0.2) is 0 Å². The van der Waals surface area contributed by atoms with Crippen LogP contribution in [0.25, 0.3) is 0 Å². The smallest absolute Gasteiger partial charge is 0.244 e. The molecule has 0 saturated carbocycles. The Balaban J connectivity index is 4.79. The van der Waals surface area contributed by atoms with Gasteiger partial charge in [0, 0.05) is 0 Å². The van der Waals surface area contributed by atoms with Gasteiger partial charge in [-0.25, -0.2) is 12.1 Å². The number of halogens is 3. The van der Waals surface area contributed by atoms with Gasteiger partial charge in [-0.3, -0.25) is 0 Å². The summed E-state index contributed by atoms with van der Waals surface area (Å²) in [6.45, 7) is 0. The molecule has 0 aromatic heterocycles. The summed E-state index contributed by atoms with van der Waals surface area (Å²) >= 11 is 0. The zero-order valence-corrected chi connectivity index (χ0v) is 7.12. The van der Waals surface area contributed by atoms with E-state index in [0.29, 0.717) is 0 Å². The highest BCUT2D eigenvalue weighted by Gasteiger charge is 2.47. The van der Waals surface area contributed by atoms with Gasteiger partial charge in [-0.1, -0.05) is 0 Å². The molecule has 0 aliphatic rings. The van der Waals surface area contributed by atoms with Gasteiger partial charge in [-0.05, 0) is 0 Å². The number of rotatable bonds is 1. The van der Waals surface area contributed by atoms with Gasteiger partial charge in [0.1, 0.15) is 0 Å². The molecule has 0 unspecified atom stereocenters. The monoisotopic (exact) mass is 203 g/mol. The van der Waals surface area contributed by atoms with Crippen molar-refractivity contribution in [2.45, 2.75) is 5.51 Å². The van der Waals surface area contributed by atoms with Crippen LogP contribution in [-0.4, -0.2) is 38.4 Å². The van der Waals surface area contributed by atoms with Crippen LogP contribution in [-0.2, 0) is 10.0 Å². The van der Waals surface area contributed by atoms with E-state index in [9.17, 15) is 21.6 Å². The molecule has 0 rings (SSSR count). The SMILES string of the molecule is O=S(=O)(N([Si])[Si])C(F)(F)F. The van der Waals surface area contributed by atoms with E-state index >= 15 is 0 Å². The number of hydrogen-bond acceptors (Lipinski definition) is 2. The second-order valence-electron chi connectivity index (χ2n) is 1.22. The summed E-state index contributed by atoms with van der Waals surface area (Å²) in [6, 6.07) is 0. The lowest BCUT2D eigenvalue weighted by atomic mass is 11.6. The van der Waals surface area contributed by atoms with Crippen molar-refractivity contribution in [2.24, 2.45) is 0 Å². The Bertz CT molecular complexity index is 207. The van der Waals surface area contributed by atoms with Crippen LogP contribution in [0.4, 0.5) is 13.2 Å². The van der Waals surface area contributed by atoms with Crippen LogP contribution in [0.1, 0.15) is 0 Å². The van der Waals surface area contributed by atoms with Crippen molar-refractivity contribution in [3.8, 4) is 0 Å². The van der Waals surface area contributed by atoms with E-state index in [2.05, 4.69) is 20.8 Å². The zero-order chi connectivity index (χ0) is 8.58. The summed E-state index contributed by atoms with van der Waals surface area (Å²) in [5.41, 5.74) is -5.28. The van der Waals surface area contributed by atoms with E-state index in [1.54, 1.807) is 0 Å². The summed E-state index contributed by atoms with van der Waals surface area (Å²) in [4.78, 5) is 0. The van der Waals surface area contributed by atoms with E-state index in [1.165, 1.54) is 0 Å². The highest BCUT2D eigenvalue weighted by atomic mass is 32.2. The van der Waals surface area contributed by atoms with Crippen LogP contribution >= 0.6 is 0 Å². The molecule has 9 heteroatoms. The van der Waals surface area contributed by atoms with Crippen molar-refractivity contribution in [1.82, 2.24) is 3.64 Å². The molecule has 0 fully saturated rings. The highest BCUT2D eigenvalue weighted by Crippen LogP contribution is 2.24. The first-order valence-corrected chi connectivity index (χ1v) is 4.07. The molecule has 3 nitrogen and oxygen atoms in total. The van der Waals surface area contributed by atoms with Crippen molar-refractivity contribution in [3.63, 3.8) is 0 Å². The Labute approximate surface area is 62.3 Å². The molecule has 0 aromatic carbocycles. The minimum atomic E-state index is -5.28. The Morgan fingerprint density at radius 2 is 1.50 bits per heavy atom. The molecule has 0 heterocycles. The molecular weight excluding hydrogens is 203 g/mol. The van der Waals surface area contributed by atoms with Gasteiger partial charge in [0.15, 0.2) is 20.8 Å². The van der Waals surface area contributed by atoms with Crippen LogP contribution in [0.5, 0.6) is 0 Å². The van der Waals surface area contributed by atoms with Crippen molar-refractivity contribution in [3.05, 3.63) is 0 Å². The van der Waals surface area contributed by atoms with E-state index in [1.807, 2.05) is 0 Å². The van der Waals surface area contributed by atoms with Crippen molar-refractivity contribution in [1.29, 1.82) is 0 Å². The summed E-state index contributed by atoms with van der Waals surface area (Å²) in [5, 5.41) is 0. The van der Waals surface area contributed by atoms with Crippen molar-refractivity contribution >= 4 is 30.8 Å². The van der Waals surface area contributed by atoms with Gasteiger partial charge in [-0.2, -0.15) is 13.2 Å². The normalized spacial score (nSPS) is 14.2. The van der Waals surface area contributed by atoms with E-state index in [0.717, 1.165) is 0 Å². The lowest BCUT2D eigenvalue weighted by Crippen LogP contribution is -2.37. The zero-order valence-electron chi connectivity index (χ0n) is 4.31. The number of nitrogens with zero attached hydrogens (tertiary/aromatic N) is 1. The molecule has 0 amide bonds. The molecule has 10 heavy (non-hydrogen) atoms. The molecule has 0 aliphatic heterocycles. The summed E-state index contributed by atoms with van der Waals surface area (Å²) in [7, 11) is -1.01. The molecule has 0 aliphatic carbocycles. The topological polar surface area (TPSA) is 37.4 Å². The first kappa shape index (κ1) is 10.1. The fourth-order valence-electron chi connectivity index (χ4n) is 0.104. The van der Waals surface area contributed by atoms with Crippen LogP contribution < -0.4 is 0 Å². The minimum absolute atomic E-state index is 0.271. The largest absolute Gasteiger partial charge is 0.510 e. The molecule has 0 saturated heterocycles. The average molecular weight is 203 g/mol. The summed E-state index contributed by atoms with van der Waals surface area (Å²) in [6.07, 6.45) is 0. The van der Waals surface area contributed by atoms with Gasteiger partial charge in [-0.15, -0.1) is 0 Å². The van der Waals surface area contributed by atoms with Gasteiger partial charge in [0.05, 0.1) is 0 Å². The number of alkyl halides is 3. The third kappa shape index (κ3) is 1.81. The lowest BCUT2D eigenvalue weighted by molar-refractivity contribution is -0.0456. The predicted octanol–water partition coefficient (Wildman–Crippen LogP) is -0.695. The Hall–Kier alpha value is 0.134. The summed E-state index contributed by atoms with van der Waals surface area (Å²) in [5.74, 6) is 0. The number of hydrogen-bond donors (Lipinski definition) is 0. The molecule has 56 valence electrons. The van der Waals surface area contributed by atoms with Crippen LogP contribution in [0.3, 0.4) is 0 Å². The molecule has 0 N–H and O–H groups in total. The van der Waals surface area contributed by atoms with Crippen molar-refractivity contribution < 1.29 is 21.6 Å². The van der Waals surface area contributed by atoms with Crippen LogP contribution in [0, 0.1) is 0 Å². The standard InChI is InChI=1S/CF3NO2SSi2/c2-1(3,4)8(6,7)5(9)10. The Morgan fingerprint density at radius 1 is 1.20 bits per heavy atom. The maximum absolute atomic E-state index is 11.4. The lowest BCUT2D eigenvalue weighted by Gasteiger charge is -2.12.